The molecule has 98 valence electrons. The first-order valence-electron chi connectivity index (χ1n) is 5.86. The highest BCUT2D eigenvalue weighted by Gasteiger charge is 2.12. The van der Waals surface area contributed by atoms with Gasteiger partial charge in [0.15, 0.2) is 5.78 Å². The first-order valence-corrected chi connectivity index (χ1v) is 5.86. The number of nitrogens with one attached hydrogen (secondary N) is 1. The molecule has 0 amide bonds. The van der Waals surface area contributed by atoms with E-state index in [-0.39, 0.29) is 23.7 Å². The maximum atomic E-state index is 13.6. The van der Waals surface area contributed by atoms with E-state index < -0.39 is 5.82 Å². The second-order valence-corrected chi connectivity index (χ2v) is 4.16. The summed E-state index contributed by atoms with van der Waals surface area (Å²) < 4.78 is 27.0. The van der Waals surface area contributed by atoms with E-state index in [0.717, 1.165) is 0 Å². The van der Waals surface area contributed by atoms with Crippen LogP contribution in [0.3, 0.4) is 0 Å². The van der Waals surface area contributed by atoms with Crippen molar-refractivity contribution in [2.45, 2.75) is 13.5 Å². The highest BCUT2D eigenvalue weighted by molar-refractivity contribution is 5.99. The van der Waals surface area contributed by atoms with Gasteiger partial charge in [-0.1, -0.05) is 24.3 Å². The molecule has 19 heavy (non-hydrogen) atoms. The van der Waals surface area contributed by atoms with Crippen molar-refractivity contribution in [2.24, 2.45) is 0 Å². The largest absolute Gasteiger partial charge is 0.380 e. The Morgan fingerprint density at radius 3 is 2.42 bits per heavy atom. The van der Waals surface area contributed by atoms with Crippen LogP contribution < -0.4 is 5.32 Å². The van der Waals surface area contributed by atoms with E-state index >= 15 is 0 Å². The fourth-order valence-corrected chi connectivity index (χ4v) is 1.86. The molecule has 0 bridgehead atoms. The lowest BCUT2D eigenvalue weighted by molar-refractivity contribution is 0.101. The number of hydrogen-bond donors (Lipinski definition) is 1. The second-order valence-electron chi connectivity index (χ2n) is 4.16. The van der Waals surface area contributed by atoms with Gasteiger partial charge in [0, 0.05) is 17.8 Å². The van der Waals surface area contributed by atoms with Gasteiger partial charge in [0.2, 0.25) is 0 Å². The maximum Gasteiger partial charge on any atom is 0.164 e. The monoisotopic (exact) mass is 261 g/mol. The van der Waals surface area contributed by atoms with Crippen LogP contribution in [0.4, 0.5) is 14.5 Å². The Morgan fingerprint density at radius 1 is 1.05 bits per heavy atom. The van der Waals surface area contributed by atoms with E-state index in [4.69, 9.17) is 0 Å². The number of carbonyl (C=O) groups is 1. The van der Waals surface area contributed by atoms with E-state index in [2.05, 4.69) is 5.32 Å². The van der Waals surface area contributed by atoms with Crippen molar-refractivity contribution in [3.8, 4) is 0 Å². The normalized spacial score (nSPS) is 10.3. The van der Waals surface area contributed by atoms with Gasteiger partial charge in [-0.25, -0.2) is 8.78 Å². The molecule has 2 rings (SSSR count). The molecule has 4 heteroatoms. The summed E-state index contributed by atoms with van der Waals surface area (Å²) in [6.07, 6.45) is 0. The van der Waals surface area contributed by atoms with Crippen molar-refractivity contribution in [1.82, 2.24) is 0 Å². The Balaban J connectivity index is 2.23. The number of hydrogen-bond acceptors (Lipinski definition) is 2. The third kappa shape index (κ3) is 2.96. The Hall–Kier alpha value is -2.23. The van der Waals surface area contributed by atoms with Crippen molar-refractivity contribution in [3.05, 3.63) is 65.2 Å². The van der Waals surface area contributed by atoms with Crippen molar-refractivity contribution in [3.63, 3.8) is 0 Å². The predicted octanol–water partition coefficient (Wildman–Crippen LogP) is 3.78. The molecule has 0 aliphatic carbocycles. The molecular formula is C15H13F2NO. The molecule has 0 aliphatic heterocycles. The van der Waals surface area contributed by atoms with Crippen LogP contribution in [0.2, 0.25) is 0 Å². The second kappa shape index (κ2) is 5.61. The Kier molecular flexibility index (Phi) is 3.90. The van der Waals surface area contributed by atoms with Gasteiger partial charge < -0.3 is 5.32 Å². The van der Waals surface area contributed by atoms with Crippen LogP contribution in [-0.2, 0) is 6.54 Å². The van der Waals surface area contributed by atoms with Gasteiger partial charge in [-0.05, 0) is 25.1 Å². The minimum absolute atomic E-state index is 0.00107. The summed E-state index contributed by atoms with van der Waals surface area (Å²) in [4.78, 5) is 11.4. The van der Waals surface area contributed by atoms with Crippen LogP contribution >= 0.6 is 0 Å². The van der Waals surface area contributed by atoms with Gasteiger partial charge in [-0.3, -0.25) is 4.79 Å². The minimum atomic E-state index is -0.578. The molecule has 0 fully saturated rings. The van der Waals surface area contributed by atoms with E-state index in [1.54, 1.807) is 24.3 Å². The summed E-state index contributed by atoms with van der Waals surface area (Å²) in [5.41, 5.74) is 0.829. The molecule has 0 heterocycles. The fraction of sp³-hybridized carbons (Fsp3) is 0.133. The SMILES string of the molecule is CC(=O)c1c(F)cccc1NCc1ccccc1F. The summed E-state index contributed by atoms with van der Waals surface area (Å²) >= 11 is 0. The number of ketones is 1. The van der Waals surface area contributed by atoms with Crippen LogP contribution in [0.5, 0.6) is 0 Å². The number of benzene rings is 2. The van der Waals surface area contributed by atoms with Gasteiger partial charge in [0.05, 0.1) is 5.56 Å². The zero-order valence-electron chi connectivity index (χ0n) is 10.4. The van der Waals surface area contributed by atoms with Gasteiger partial charge in [0.25, 0.3) is 0 Å². The van der Waals surface area contributed by atoms with E-state index in [1.807, 2.05) is 0 Å². The number of halogens is 2. The average Bonchev–Trinajstić information content (AvgIpc) is 2.37. The topological polar surface area (TPSA) is 29.1 Å². The molecule has 2 aromatic carbocycles. The summed E-state index contributed by atoms with van der Waals surface area (Å²) in [5, 5.41) is 2.89. The Bertz CT molecular complexity index is 611. The summed E-state index contributed by atoms with van der Waals surface area (Å²) in [5.74, 6) is -1.28. The molecule has 2 aromatic rings. The predicted molar refractivity (Wildman–Crippen MR) is 70.1 cm³/mol. The average molecular weight is 261 g/mol. The fourth-order valence-electron chi connectivity index (χ4n) is 1.86. The van der Waals surface area contributed by atoms with Crippen LogP contribution in [0.25, 0.3) is 0 Å². The van der Waals surface area contributed by atoms with Gasteiger partial charge in [0.1, 0.15) is 11.6 Å². The zero-order chi connectivity index (χ0) is 13.8. The molecule has 1 N–H and O–H groups in total. The number of carbonyl (C=O) groups excluding carboxylic acids is 1. The van der Waals surface area contributed by atoms with Crippen molar-refractivity contribution in [1.29, 1.82) is 0 Å². The molecule has 0 radical (unpaired) electrons. The van der Waals surface area contributed by atoms with Crippen LogP contribution in [-0.4, -0.2) is 5.78 Å². The summed E-state index contributed by atoms with van der Waals surface area (Å²) in [7, 11) is 0. The lowest BCUT2D eigenvalue weighted by atomic mass is 10.1. The quantitative estimate of drug-likeness (QED) is 0.848. The van der Waals surface area contributed by atoms with Gasteiger partial charge in [-0.2, -0.15) is 0 Å². The van der Waals surface area contributed by atoms with Crippen LogP contribution in [0, 0.1) is 11.6 Å². The van der Waals surface area contributed by atoms with Gasteiger partial charge in [-0.15, -0.1) is 0 Å². The Morgan fingerprint density at radius 2 is 1.74 bits per heavy atom. The zero-order valence-corrected chi connectivity index (χ0v) is 10.4. The summed E-state index contributed by atoms with van der Waals surface area (Å²) in [6, 6.07) is 10.6. The van der Waals surface area contributed by atoms with Crippen molar-refractivity contribution < 1.29 is 13.6 Å². The van der Waals surface area contributed by atoms with Gasteiger partial charge >= 0.3 is 0 Å². The molecule has 0 aromatic heterocycles. The first-order chi connectivity index (χ1) is 9.09. The van der Waals surface area contributed by atoms with E-state index in [0.29, 0.717) is 11.3 Å². The molecule has 0 spiro atoms. The molecule has 0 unspecified atom stereocenters. The van der Waals surface area contributed by atoms with Crippen LogP contribution in [0.15, 0.2) is 42.5 Å². The molecule has 0 saturated heterocycles. The first kappa shape index (κ1) is 13.2. The third-order valence-electron chi connectivity index (χ3n) is 2.79. The highest BCUT2D eigenvalue weighted by atomic mass is 19.1. The van der Waals surface area contributed by atoms with Crippen LogP contribution in [0.1, 0.15) is 22.8 Å². The number of anilines is 1. The molecule has 0 atom stereocenters. The Labute approximate surface area is 110 Å². The maximum absolute atomic E-state index is 13.6. The molecule has 0 aliphatic rings. The van der Waals surface area contributed by atoms with Crippen molar-refractivity contribution >= 4 is 11.5 Å². The number of Topliss-reactive ketones (excluding diaryl/α,β-unsaturated/α-hetero) is 1. The van der Waals surface area contributed by atoms with E-state index in [9.17, 15) is 13.6 Å². The summed E-state index contributed by atoms with van der Waals surface area (Å²) in [6.45, 7) is 1.49. The van der Waals surface area contributed by atoms with E-state index in [1.165, 1.54) is 25.1 Å². The molecule has 0 saturated carbocycles. The minimum Gasteiger partial charge on any atom is -0.380 e. The third-order valence-corrected chi connectivity index (χ3v) is 2.79. The molecule has 2 nitrogen and oxygen atoms in total. The number of rotatable bonds is 4. The van der Waals surface area contributed by atoms with Crippen molar-refractivity contribution in [2.75, 3.05) is 5.32 Å². The lowest BCUT2D eigenvalue weighted by Gasteiger charge is -2.11. The lowest BCUT2D eigenvalue weighted by Crippen LogP contribution is -2.08. The smallest absolute Gasteiger partial charge is 0.164 e. The highest BCUT2D eigenvalue weighted by Crippen LogP contribution is 2.20. The standard InChI is InChI=1S/C15H13F2NO/c1-10(19)15-13(17)7-4-8-14(15)18-9-11-5-2-3-6-12(11)16/h2-8,18H,9H2,1H3. The molecular weight excluding hydrogens is 248 g/mol.